The predicted molar refractivity (Wildman–Crippen MR) is 118 cm³/mol. The summed E-state index contributed by atoms with van der Waals surface area (Å²) in [4.78, 5) is 23.5. The summed E-state index contributed by atoms with van der Waals surface area (Å²) in [6, 6.07) is 12.1. The maximum Gasteiger partial charge on any atom is 0.263 e. The lowest BCUT2D eigenvalue weighted by Gasteiger charge is -2.33. The highest BCUT2D eigenvalue weighted by molar-refractivity contribution is 5.98. The molecule has 2 aromatic carbocycles. The molecule has 0 spiro atoms. The van der Waals surface area contributed by atoms with Crippen LogP contribution in [-0.4, -0.2) is 34.1 Å². The van der Waals surface area contributed by atoms with E-state index < -0.39 is 0 Å². The van der Waals surface area contributed by atoms with Gasteiger partial charge in [-0.3, -0.25) is 4.79 Å². The molecule has 4 aromatic rings. The third-order valence-corrected chi connectivity index (χ3v) is 5.84. The predicted octanol–water partition coefficient (Wildman–Crippen LogP) is 4.10. The first-order valence-electron chi connectivity index (χ1n) is 10.7. The SMILES string of the molecule is O=C(NCc1ccc(F)cc1)C1CCCN(c2ncnc3onc(-c4ccc(F)cc4)c23)C1. The molecule has 5 rings (SSSR count). The number of amides is 1. The fourth-order valence-corrected chi connectivity index (χ4v) is 4.14. The summed E-state index contributed by atoms with van der Waals surface area (Å²) in [6.07, 6.45) is 2.99. The van der Waals surface area contributed by atoms with E-state index in [0.29, 0.717) is 41.3 Å². The monoisotopic (exact) mass is 449 g/mol. The largest absolute Gasteiger partial charge is 0.355 e. The molecule has 1 N–H and O–H groups in total. The van der Waals surface area contributed by atoms with Crippen molar-refractivity contribution in [3.05, 3.63) is 72.1 Å². The lowest BCUT2D eigenvalue weighted by Crippen LogP contribution is -2.43. The van der Waals surface area contributed by atoms with Crippen LogP contribution < -0.4 is 10.2 Å². The van der Waals surface area contributed by atoms with E-state index in [1.165, 1.54) is 30.6 Å². The Labute approximate surface area is 188 Å². The fraction of sp³-hybridized carbons (Fsp3) is 0.250. The van der Waals surface area contributed by atoms with E-state index in [-0.39, 0.29) is 23.5 Å². The second-order valence-corrected chi connectivity index (χ2v) is 8.04. The first-order chi connectivity index (χ1) is 16.1. The number of rotatable bonds is 5. The van der Waals surface area contributed by atoms with Crippen LogP contribution >= 0.6 is 0 Å². The number of aromatic nitrogens is 3. The van der Waals surface area contributed by atoms with Gasteiger partial charge in [-0.1, -0.05) is 17.3 Å². The van der Waals surface area contributed by atoms with E-state index in [1.807, 2.05) is 4.90 Å². The molecule has 1 aliphatic rings. The summed E-state index contributed by atoms with van der Waals surface area (Å²) in [7, 11) is 0. The van der Waals surface area contributed by atoms with Crippen LogP contribution in [0.5, 0.6) is 0 Å². The highest BCUT2D eigenvalue weighted by Crippen LogP contribution is 2.34. The number of nitrogens with one attached hydrogen (secondary N) is 1. The number of carbonyl (C=O) groups is 1. The number of carbonyl (C=O) groups excluding carboxylic acids is 1. The highest BCUT2D eigenvalue weighted by atomic mass is 19.1. The van der Waals surface area contributed by atoms with Crippen molar-refractivity contribution in [2.24, 2.45) is 5.92 Å². The van der Waals surface area contributed by atoms with Crippen LogP contribution in [0.3, 0.4) is 0 Å². The third kappa shape index (κ3) is 4.39. The number of hydrogen-bond acceptors (Lipinski definition) is 6. The summed E-state index contributed by atoms with van der Waals surface area (Å²) in [5.74, 6) is -0.292. The van der Waals surface area contributed by atoms with Crippen molar-refractivity contribution in [3.63, 3.8) is 0 Å². The molecule has 1 unspecified atom stereocenters. The molecule has 3 heterocycles. The van der Waals surface area contributed by atoms with Gasteiger partial charge in [0.1, 0.15) is 34.9 Å². The minimum absolute atomic E-state index is 0.0570. The zero-order chi connectivity index (χ0) is 22.8. The second kappa shape index (κ2) is 8.93. The van der Waals surface area contributed by atoms with Crippen LogP contribution in [0.15, 0.2) is 59.4 Å². The molecule has 168 valence electrons. The van der Waals surface area contributed by atoms with Gasteiger partial charge in [-0.25, -0.2) is 13.8 Å². The number of nitrogens with zero attached hydrogens (tertiary/aromatic N) is 4. The topological polar surface area (TPSA) is 84.2 Å². The molecular formula is C24H21F2N5O2. The number of halogens is 2. The first-order valence-corrected chi connectivity index (χ1v) is 10.7. The number of hydrogen-bond donors (Lipinski definition) is 1. The Morgan fingerprint density at radius 3 is 2.55 bits per heavy atom. The molecule has 1 atom stereocenters. The van der Waals surface area contributed by atoms with Gasteiger partial charge >= 0.3 is 0 Å². The molecule has 1 fully saturated rings. The van der Waals surface area contributed by atoms with Gasteiger partial charge in [0.25, 0.3) is 5.71 Å². The molecule has 0 saturated carbocycles. The van der Waals surface area contributed by atoms with E-state index >= 15 is 0 Å². The van der Waals surface area contributed by atoms with Crippen molar-refractivity contribution in [1.29, 1.82) is 0 Å². The lowest BCUT2D eigenvalue weighted by molar-refractivity contribution is -0.125. The van der Waals surface area contributed by atoms with Gasteiger partial charge in [0.15, 0.2) is 0 Å². The van der Waals surface area contributed by atoms with E-state index in [4.69, 9.17) is 4.52 Å². The van der Waals surface area contributed by atoms with Crippen LogP contribution in [0.2, 0.25) is 0 Å². The van der Waals surface area contributed by atoms with E-state index in [9.17, 15) is 13.6 Å². The summed E-state index contributed by atoms with van der Waals surface area (Å²) in [5, 5.41) is 7.72. The average molecular weight is 449 g/mol. The molecule has 1 saturated heterocycles. The van der Waals surface area contributed by atoms with Crippen LogP contribution in [0.25, 0.3) is 22.4 Å². The van der Waals surface area contributed by atoms with Gasteiger partial charge in [0.2, 0.25) is 5.91 Å². The molecule has 9 heteroatoms. The van der Waals surface area contributed by atoms with Gasteiger partial charge < -0.3 is 14.7 Å². The van der Waals surface area contributed by atoms with Crippen LogP contribution in [0, 0.1) is 17.6 Å². The molecular weight excluding hydrogens is 428 g/mol. The average Bonchev–Trinajstić information content (AvgIpc) is 3.28. The Kier molecular flexibility index (Phi) is 5.68. The number of anilines is 1. The van der Waals surface area contributed by atoms with E-state index in [1.54, 1.807) is 24.3 Å². The zero-order valence-electron chi connectivity index (χ0n) is 17.7. The first kappa shape index (κ1) is 21.0. The van der Waals surface area contributed by atoms with E-state index in [2.05, 4.69) is 20.4 Å². The Morgan fingerprint density at radius 1 is 1.06 bits per heavy atom. The third-order valence-electron chi connectivity index (χ3n) is 5.84. The summed E-state index contributed by atoms with van der Waals surface area (Å²) in [5.41, 5.74) is 2.39. The molecule has 0 radical (unpaired) electrons. The summed E-state index contributed by atoms with van der Waals surface area (Å²) >= 11 is 0. The number of piperidine rings is 1. The maximum atomic E-state index is 13.4. The van der Waals surface area contributed by atoms with Crippen molar-refractivity contribution in [1.82, 2.24) is 20.4 Å². The zero-order valence-corrected chi connectivity index (χ0v) is 17.7. The minimum Gasteiger partial charge on any atom is -0.355 e. The molecule has 2 aromatic heterocycles. The quantitative estimate of drug-likeness (QED) is 0.494. The van der Waals surface area contributed by atoms with E-state index in [0.717, 1.165) is 24.9 Å². The van der Waals surface area contributed by atoms with Crippen molar-refractivity contribution in [2.45, 2.75) is 19.4 Å². The molecule has 7 nitrogen and oxygen atoms in total. The van der Waals surface area contributed by atoms with Gasteiger partial charge in [-0.05, 0) is 54.8 Å². The van der Waals surface area contributed by atoms with Gasteiger partial charge in [-0.15, -0.1) is 0 Å². The molecule has 0 aliphatic carbocycles. The number of benzene rings is 2. The highest BCUT2D eigenvalue weighted by Gasteiger charge is 2.29. The fourth-order valence-electron chi connectivity index (χ4n) is 4.14. The Morgan fingerprint density at radius 2 is 1.79 bits per heavy atom. The Hall–Kier alpha value is -3.88. The van der Waals surface area contributed by atoms with Gasteiger partial charge in [0, 0.05) is 25.2 Å². The smallest absolute Gasteiger partial charge is 0.263 e. The Balaban J connectivity index is 1.36. The minimum atomic E-state index is -0.339. The van der Waals surface area contributed by atoms with Crippen LogP contribution in [-0.2, 0) is 11.3 Å². The molecule has 1 aliphatic heterocycles. The Bertz CT molecular complexity index is 1270. The standard InChI is InChI=1S/C24H21F2N5O2/c25-18-7-3-15(4-8-18)12-27-23(32)17-2-1-11-31(13-17)22-20-21(16-5-9-19(26)10-6-16)30-33-24(20)29-14-28-22/h3-10,14,17H,1-2,11-13H2,(H,27,32). The normalized spacial score (nSPS) is 16.2. The van der Waals surface area contributed by atoms with Crippen LogP contribution in [0.4, 0.5) is 14.6 Å². The van der Waals surface area contributed by atoms with Crippen LogP contribution in [0.1, 0.15) is 18.4 Å². The van der Waals surface area contributed by atoms with Crippen molar-refractivity contribution < 1.29 is 18.1 Å². The van der Waals surface area contributed by atoms with Gasteiger partial charge in [-0.2, -0.15) is 4.98 Å². The van der Waals surface area contributed by atoms with Crippen molar-refractivity contribution in [2.75, 3.05) is 18.0 Å². The number of fused-ring (bicyclic) bond motifs is 1. The van der Waals surface area contributed by atoms with Crippen molar-refractivity contribution in [3.8, 4) is 11.3 Å². The molecule has 1 amide bonds. The summed E-state index contributed by atoms with van der Waals surface area (Å²) in [6.45, 7) is 1.55. The molecule has 33 heavy (non-hydrogen) atoms. The van der Waals surface area contributed by atoms with Crippen molar-refractivity contribution >= 4 is 22.8 Å². The summed E-state index contributed by atoms with van der Waals surface area (Å²) < 4.78 is 31.9. The lowest BCUT2D eigenvalue weighted by atomic mass is 9.96. The maximum absolute atomic E-state index is 13.4. The molecule has 0 bridgehead atoms. The van der Waals surface area contributed by atoms with Gasteiger partial charge in [0.05, 0.1) is 5.92 Å². The second-order valence-electron chi connectivity index (χ2n) is 8.04.